The summed E-state index contributed by atoms with van der Waals surface area (Å²) in [5, 5.41) is -0.337. The highest BCUT2D eigenvalue weighted by molar-refractivity contribution is 7.90. The van der Waals surface area contributed by atoms with Crippen molar-refractivity contribution in [3.8, 4) is 0 Å². The van der Waals surface area contributed by atoms with E-state index in [-0.39, 0.29) is 17.8 Å². The van der Waals surface area contributed by atoms with Gasteiger partial charge in [0.05, 0.1) is 28.9 Å². The lowest BCUT2D eigenvalue weighted by Gasteiger charge is -2.22. The van der Waals surface area contributed by atoms with Crippen molar-refractivity contribution < 1.29 is 17.9 Å². The molecule has 0 aliphatic heterocycles. The van der Waals surface area contributed by atoms with Crippen LogP contribution in [0.1, 0.15) is 61.9 Å². The van der Waals surface area contributed by atoms with Crippen LogP contribution in [0, 0.1) is 13.8 Å². The molecule has 1 aliphatic carbocycles. The number of para-hydroxylation sites is 2. The predicted molar refractivity (Wildman–Crippen MR) is 166 cm³/mol. The second kappa shape index (κ2) is 11.9. The van der Waals surface area contributed by atoms with Crippen molar-refractivity contribution in [1.29, 1.82) is 0 Å². The molecule has 1 aromatic heterocycles. The van der Waals surface area contributed by atoms with Crippen LogP contribution in [-0.4, -0.2) is 41.0 Å². The van der Waals surface area contributed by atoms with E-state index >= 15 is 0 Å². The van der Waals surface area contributed by atoms with Crippen LogP contribution in [0.25, 0.3) is 11.0 Å². The Labute approximate surface area is 248 Å². The topological polar surface area (TPSA) is 94.7 Å². The molecular weight excluding hydrogens is 548 g/mol. The van der Waals surface area contributed by atoms with Crippen molar-refractivity contribution in [2.75, 3.05) is 6.54 Å². The minimum atomic E-state index is -3.44. The molecule has 0 radical (unpaired) electrons. The number of sulfonamides is 1. The van der Waals surface area contributed by atoms with E-state index in [2.05, 4.69) is 58.2 Å². The molecule has 8 nitrogen and oxygen atoms in total. The minimum Gasteiger partial charge on any atom is -0.442 e. The van der Waals surface area contributed by atoms with Crippen LogP contribution in [0.2, 0.25) is 0 Å². The molecule has 1 saturated carbocycles. The Kier molecular flexibility index (Phi) is 8.44. The second-order valence-electron chi connectivity index (χ2n) is 12.3. The molecule has 42 heavy (non-hydrogen) atoms. The van der Waals surface area contributed by atoms with Crippen LogP contribution < -0.4 is 10.3 Å². The maximum absolute atomic E-state index is 13.2. The number of aromatic nitrogens is 2. The smallest absolute Gasteiger partial charge is 0.437 e. The van der Waals surface area contributed by atoms with Crippen LogP contribution in [0.5, 0.6) is 0 Å². The Morgan fingerprint density at radius 2 is 1.50 bits per heavy atom. The highest BCUT2D eigenvalue weighted by Gasteiger charge is 2.36. The normalized spacial score (nSPS) is 15.2. The third-order valence-corrected chi connectivity index (χ3v) is 9.29. The van der Waals surface area contributed by atoms with Gasteiger partial charge in [0.1, 0.15) is 5.60 Å². The first-order valence-corrected chi connectivity index (χ1v) is 16.0. The summed E-state index contributed by atoms with van der Waals surface area (Å²) < 4.78 is 38.5. The summed E-state index contributed by atoms with van der Waals surface area (Å²) in [6, 6.07) is 24.0. The second-order valence-corrected chi connectivity index (χ2v) is 14.3. The number of carbonyl (C=O) groups excluding carboxylic acids is 1. The molecule has 1 N–H and O–H groups in total. The van der Waals surface area contributed by atoms with E-state index in [1.807, 2.05) is 68.0 Å². The SMILES string of the molecule is Cc1ccc(CC(CNS(=O)(=O)C2CC2)n2c(=NC(=O)OC(C)(C)C)n(Cc3ccc(C)cc3)c3ccccc32)cc1. The summed E-state index contributed by atoms with van der Waals surface area (Å²) in [5.74, 6) is 0. The molecule has 1 amide bonds. The number of imidazole rings is 1. The number of rotatable bonds is 9. The van der Waals surface area contributed by atoms with Crippen molar-refractivity contribution >= 4 is 27.1 Å². The summed E-state index contributed by atoms with van der Waals surface area (Å²) in [4.78, 5) is 17.8. The number of hydrogen-bond donors (Lipinski definition) is 1. The van der Waals surface area contributed by atoms with Crippen molar-refractivity contribution in [3.05, 3.63) is 101 Å². The van der Waals surface area contributed by atoms with E-state index in [4.69, 9.17) is 4.74 Å². The average Bonchev–Trinajstić information content (AvgIpc) is 3.74. The van der Waals surface area contributed by atoms with Gasteiger partial charge in [-0.25, -0.2) is 17.9 Å². The van der Waals surface area contributed by atoms with Crippen LogP contribution in [0.15, 0.2) is 77.8 Å². The maximum Gasteiger partial charge on any atom is 0.437 e. The van der Waals surface area contributed by atoms with Crippen LogP contribution in [0.3, 0.4) is 0 Å². The molecule has 1 unspecified atom stereocenters. The van der Waals surface area contributed by atoms with E-state index < -0.39 is 21.7 Å². The number of ether oxygens (including phenoxy) is 1. The summed E-state index contributed by atoms with van der Waals surface area (Å²) in [5.41, 5.74) is 5.85. The first-order chi connectivity index (χ1) is 19.9. The fraction of sp³-hybridized carbons (Fsp3) is 0.394. The predicted octanol–water partition coefficient (Wildman–Crippen LogP) is 5.81. The van der Waals surface area contributed by atoms with E-state index in [9.17, 15) is 13.2 Å². The van der Waals surface area contributed by atoms with Gasteiger partial charge in [-0.15, -0.1) is 4.99 Å². The quantitative estimate of drug-likeness (QED) is 0.267. The lowest BCUT2D eigenvalue weighted by molar-refractivity contribution is 0.0593. The van der Waals surface area contributed by atoms with Crippen molar-refractivity contribution in [2.24, 2.45) is 4.99 Å². The Morgan fingerprint density at radius 1 is 0.929 bits per heavy atom. The number of nitrogens with zero attached hydrogens (tertiary/aromatic N) is 3. The van der Waals surface area contributed by atoms with Gasteiger partial charge < -0.3 is 13.9 Å². The summed E-state index contributed by atoms with van der Waals surface area (Å²) >= 11 is 0. The van der Waals surface area contributed by atoms with E-state index in [1.165, 1.54) is 0 Å². The van der Waals surface area contributed by atoms with Crippen LogP contribution in [0.4, 0.5) is 4.79 Å². The molecule has 9 heteroatoms. The monoisotopic (exact) mass is 588 g/mol. The van der Waals surface area contributed by atoms with Crippen molar-refractivity contribution in [1.82, 2.24) is 13.9 Å². The Hall–Kier alpha value is -3.69. The molecule has 5 rings (SSSR count). The number of fused-ring (bicyclic) bond motifs is 1. The fourth-order valence-electron chi connectivity index (χ4n) is 5.07. The Morgan fingerprint density at radius 3 is 2.07 bits per heavy atom. The van der Waals surface area contributed by atoms with E-state index in [0.29, 0.717) is 31.4 Å². The van der Waals surface area contributed by atoms with Gasteiger partial charge in [0.15, 0.2) is 0 Å². The van der Waals surface area contributed by atoms with Crippen molar-refractivity contribution in [3.63, 3.8) is 0 Å². The maximum atomic E-state index is 13.2. The molecule has 1 fully saturated rings. The van der Waals surface area contributed by atoms with Crippen molar-refractivity contribution in [2.45, 2.75) is 77.3 Å². The third-order valence-electron chi connectivity index (χ3n) is 7.38. The van der Waals surface area contributed by atoms with Gasteiger partial charge in [0.2, 0.25) is 15.6 Å². The first-order valence-electron chi connectivity index (χ1n) is 14.5. The Bertz CT molecular complexity index is 1740. The summed E-state index contributed by atoms with van der Waals surface area (Å²) in [6.07, 6.45) is 1.20. The zero-order chi connectivity index (χ0) is 30.1. The third kappa shape index (κ3) is 7.20. The fourth-order valence-corrected chi connectivity index (χ4v) is 6.49. The molecule has 1 atom stereocenters. The molecule has 1 aliphatic rings. The minimum absolute atomic E-state index is 0.159. The van der Waals surface area contributed by atoms with Gasteiger partial charge in [-0.3, -0.25) is 0 Å². The molecule has 0 spiro atoms. The number of nitrogens with one attached hydrogen (secondary N) is 1. The highest BCUT2D eigenvalue weighted by atomic mass is 32.2. The van der Waals surface area contributed by atoms with Gasteiger partial charge >= 0.3 is 6.09 Å². The zero-order valence-electron chi connectivity index (χ0n) is 25.0. The Balaban J connectivity index is 1.70. The van der Waals surface area contributed by atoms with Crippen LogP contribution >= 0.6 is 0 Å². The van der Waals surface area contributed by atoms with Gasteiger partial charge in [0, 0.05) is 6.54 Å². The molecular formula is C33H40N4O4S. The lowest BCUT2D eigenvalue weighted by atomic mass is 10.0. The van der Waals surface area contributed by atoms with Gasteiger partial charge in [0.25, 0.3) is 0 Å². The van der Waals surface area contributed by atoms with E-state index in [0.717, 1.165) is 33.3 Å². The summed E-state index contributed by atoms with van der Waals surface area (Å²) in [6.45, 7) is 10.1. The number of amides is 1. The summed E-state index contributed by atoms with van der Waals surface area (Å²) in [7, 11) is -3.44. The standard InChI is InChI=1S/C33H40N4O4S/c1-23-10-14-25(15-11-23)20-27(21-34-42(39,40)28-18-19-28)37-30-9-7-6-8-29(30)36(22-26-16-12-24(2)13-17-26)31(37)35-32(38)41-33(3,4)5/h6-17,27-28,34H,18-22H2,1-5H3. The number of aryl methyl sites for hydroxylation is 2. The molecule has 1 heterocycles. The number of carbonyl (C=O) groups is 1. The largest absolute Gasteiger partial charge is 0.442 e. The molecule has 4 aromatic rings. The lowest BCUT2D eigenvalue weighted by Crippen LogP contribution is -2.39. The van der Waals surface area contributed by atoms with Gasteiger partial charge in [-0.1, -0.05) is 71.8 Å². The highest BCUT2D eigenvalue weighted by Crippen LogP contribution is 2.28. The van der Waals surface area contributed by atoms with Gasteiger partial charge in [-0.05, 0) is 77.1 Å². The molecule has 222 valence electrons. The molecule has 0 bridgehead atoms. The van der Waals surface area contributed by atoms with Crippen LogP contribution in [-0.2, 0) is 27.7 Å². The average molecular weight is 589 g/mol. The number of benzene rings is 3. The zero-order valence-corrected chi connectivity index (χ0v) is 25.8. The number of hydrogen-bond acceptors (Lipinski definition) is 4. The van der Waals surface area contributed by atoms with Gasteiger partial charge in [-0.2, -0.15) is 0 Å². The first kappa shape index (κ1) is 29.8. The van der Waals surface area contributed by atoms with E-state index in [1.54, 1.807) is 0 Å². The molecule has 3 aromatic carbocycles. The molecule has 0 saturated heterocycles.